The van der Waals surface area contributed by atoms with Crippen LogP contribution in [0.15, 0.2) is 30.3 Å². The van der Waals surface area contributed by atoms with Crippen molar-refractivity contribution >= 4 is 12.0 Å². The number of carboxylic acid groups (broad SMARTS) is 1. The van der Waals surface area contributed by atoms with E-state index < -0.39 is 5.97 Å². The summed E-state index contributed by atoms with van der Waals surface area (Å²) in [5, 5.41) is 17.7. The van der Waals surface area contributed by atoms with Gasteiger partial charge in [-0.15, -0.1) is 0 Å². The fourth-order valence-corrected chi connectivity index (χ4v) is 2.49. The average Bonchev–Trinajstić information content (AvgIpc) is 2.47. The Balaban J connectivity index is 1.86. The number of aliphatic carboxylic acids is 1. The van der Waals surface area contributed by atoms with Crippen molar-refractivity contribution < 1.29 is 15.0 Å². The van der Waals surface area contributed by atoms with E-state index in [1.165, 1.54) is 5.56 Å². The van der Waals surface area contributed by atoms with Gasteiger partial charge >= 0.3 is 5.97 Å². The molecule has 1 heterocycles. The molecule has 2 N–H and O–H groups in total. The number of carbonyl (C=O) groups is 1. The lowest BCUT2D eigenvalue weighted by Crippen LogP contribution is -2.34. The van der Waals surface area contributed by atoms with Crippen LogP contribution in [-0.2, 0) is 11.3 Å². The van der Waals surface area contributed by atoms with Gasteiger partial charge in [-0.1, -0.05) is 24.3 Å². The molecule has 0 spiro atoms. The highest BCUT2D eigenvalue weighted by Gasteiger charge is 2.18. The van der Waals surface area contributed by atoms with E-state index in [0.717, 1.165) is 44.1 Å². The first-order chi connectivity index (χ1) is 9.67. The lowest BCUT2D eigenvalue weighted by atomic mass is 9.97. The van der Waals surface area contributed by atoms with Crippen LogP contribution in [0.1, 0.15) is 24.0 Å². The molecule has 1 aromatic carbocycles. The summed E-state index contributed by atoms with van der Waals surface area (Å²) in [6.07, 6.45) is 4.87. The number of carboxylic acids is 1. The number of rotatable bonds is 5. The first-order valence-corrected chi connectivity index (χ1v) is 7.00. The SMILES string of the molecule is O=C(O)C=Cc1ccc(CN2CCC(CO)CC2)cc1. The van der Waals surface area contributed by atoms with Crippen molar-refractivity contribution in [1.29, 1.82) is 0 Å². The first kappa shape index (κ1) is 14.8. The molecule has 108 valence electrons. The van der Waals surface area contributed by atoms with Crippen LogP contribution in [0.25, 0.3) is 6.08 Å². The fourth-order valence-electron chi connectivity index (χ4n) is 2.49. The Morgan fingerprint density at radius 2 is 1.90 bits per heavy atom. The molecule has 0 bridgehead atoms. The number of benzene rings is 1. The normalized spacial score (nSPS) is 17.6. The zero-order valence-corrected chi connectivity index (χ0v) is 11.5. The van der Waals surface area contributed by atoms with Gasteiger partial charge in [0.05, 0.1) is 0 Å². The van der Waals surface area contributed by atoms with Gasteiger partial charge in [0.2, 0.25) is 0 Å². The van der Waals surface area contributed by atoms with Gasteiger partial charge in [-0.25, -0.2) is 4.79 Å². The number of piperidine rings is 1. The topological polar surface area (TPSA) is 60.8 Å². The van der Waals surface area contributed by atoms with Gasteiger partial charge in [-0.3, -0.25) is 4.90 Å². The van der Waals surface area contributed by atoms with E-state index in [1.807, 2.05) is 24.3 Å². The molecule has 1 aromatic rings. The van der Waals surface area contributed by atoms with Crippen molar-refractivity contribution in [3.63, 3.8) is 0 Å². The fraction of sp³-hybridized carbons (Fsp3) is 0.438. The van der Waals surface area contributed by atoms with Gasteiger partial charge < -0.3 is 10.2 Å². The highest BCUT2D eigenvalue weighted by molar-refractivity contribution is 5.85. The minimum atomic E-state index is -0.930. The molecule has 0 atom stereocenters. The zero-order valence-electron chi connectivity index (χ0n) is 11.5. The molecule has 1 fully saturated rings. The third kappa shape index (κ3) is 4.47. The Kier molecular flexibility index (Phi) is 5.32. The first-order valence-electron chi connectivity index (χ1n) is 7.00. The van der Waals surface area contributed by atoms with E-state index in [4.69, 9.17) is 10.2 Å². The quantitative estimate of drug-likeness (QED) is 0.807. The summed E-state index contributed by atoms with van der Waals surface area (Å²) in [6.45, 7) is 3.29. The second kappa shape index (κ2) is 7.22. The molecule has 0 unspecified atom stereocenters. The van der Waals surface area contributed by atoms with E-state index >= 15 is 0 Å². The summed E-state index contributed by atoms with van der Waals surface area (Å²) in [7, 11) is 0. The highest BCUT2D eigenvalue weighted by atomic mass is 16.4. The molecule has 20 heavy (non-hydrogen) atoms. The van der Waals surface area contributed by atoms with E-state index in [9.17, 15) is 4.79 Å². The minimum absolute atomic E-state index is 0.304. The molecular formula is C16H21NO3. The standard InChI is InChI=1S/C16H21NO3/c18-12-15-7-9-17(10-8-15)11-14-3-1-13(2-4-14)5-6-16(19)20/h1-6,15,18H,7-12H2,(H,19,20). The van der Waals surface area contributed by atoms with Gasteiger partial charge in [-0.2, -0.15) is 0 Å². The third-order valence-corrected chi connectivity index (χ3v) is 3.77. The Bertz CT molecular complexity index is 459. The van der Waals surface area contributed by atoms with Gasteiger partial charge in [0.25, 0.3) is 0 Å². The van der Waals surface area contributed by atoms with Crippen LogP contribution in [0.2, 0.25) is 0 Å². The Morgan fingerprint density at radius 3 is 2.45 bits per heavy atom. The molecule has 4 heteroatoms. The number of hydrogen-bond acceptors (Lipinski definition) is 3. The van der Waals surface area contributed by atoms with Crippen molar-refractivity contribution in [2.24, 2.45) is 5.92 Å². The van der Waals surface area contributed by atoms with E-state index in [-0.39, 0.29) is 0 Å². The lowest BCUT2D eigenvalue weighted by Gasteiger charge is -2.31. The third-order valence-electron chi connectivity index (χ3n) is 3.77. The molecule has 1 saturated heterocycles. The molecule has 0 saturated carbocycles. The molecule has 0 aliphatic carbocycles. The molecular weight excluding hydrogens is 254 g/mol. The number of hydrogen-bond donors (Lipinski definition) is 2. The highest BCUT2D eigenvalue weighted by Crippen LogP contribution is 2.18. The van der Waals surface area contributed by atoms with Gasteiger partial charge in [-0.05, 0) is 49.1 Å². The van der Waals surface area contributed by atoms with Crippen molar-refractivity contribution in [3.8, 4) is 0 Å². The smallest absolute Gasteiger partial charge is 0.328 e. The summed E-state index contributed by atoms with van der Waals surface area (Å²) >= 11 is 0. The summed E-state index contributed by atoms with van der Waals surface area (Å²) in [5.41, 5.74) is 2.13. The van der Waals surface area contributed by atoms with Gasteiger partial charge in [0, 0.05) is 19.2 Å². The van der Waals surface area contributed by atoms with Crippen molar-refractivity contribution in [2.75, 3.05) is 19.7 Å². The Hall–Kier alpha value is -1.65. The summed E-state index contributed by atoms with van der Waals surface area (Å²) in [5.74, 6) is -0.462. The molecule has 0 amide bonds. The number of aliphatic hydroxyl groups excluding tert-OH is 1. The predicted molar refractivity (Wildman–Crippen MR) is 78.2 cm³/mol. The zero-order chi connectivity index (χ0) is 14.4. The van der Waals surface area contributed by atoms with Crippen LogP contribution in [0.4, 0.5) is 0 Å². The van der Waals surface area contributed by atoms with Crippen LogP contribution in [0, 0.1) is 5.92 Å². The van der Waals surface area contributed by atoms with Crippen molar-refractivity contribution in [2.45, 2.75) is 19.4 Å². The van der Waals surface area contributed by atoms with Crippen molar-refractivity contribution in [1.82, 2.24) is 4.90 Å². The molecule has 0 radical (unpaired) electrons. The number of aliphatic hydroxyl groups is 1. The summed E-state index contributed by atoms with van der Waals surface area (Å²) in [4.78, 5) is 12.8. The van der Waals surface area contributed by atoms with Crippen LogP contribution >= 0.6 is 0 Å². The van der Waals surface area contributed by atoms with E-state index in [1.54, 1.807) is 6.08 Å². The second-order valence-electron chi connectivity index (χ2n) is 5.32. The molecule has 1 aliphatic rings. The Morgan fingerprint density at radius 1 is 1.25 bits per heavy atom. The number of nitrogens with zero attached hydrogens (tertiary/aromatic N) is 1. The molecule has 4 nitrogen and oxygen atoms in total. The molecule has 2 rings (SSSR count). The van der Waals surface area contributed by atoms with Crippen LogP contribution in [0.5, 0.6) is 0 Å². The lowest BCUT2D eigenvalue weighted by molar-refractivity contribution is -0.131. The predicted octanol–water partition coefficient (Wildman–Crippen LogP) is 1.99. The summed E-state index contributed by atoms with van der Waals surface area (Å²) < 4.78 is 0. The largest absolute Gasteiger partial charge is 0.478 e. The van der Waals surface area contributed by atoms with E-state index in [0.29, 0.717) is 12.5 Å². The second-order valence-corrected chi connectivity index (χ2v) is 5.32. The molecule has 0 aromatic heterocycles. The van der Waals surface area contributed by atoms with Crippen molar-refractivity contribution in [3.05, 3.63) is 41.5 Å². The monoisotopic (exact) mass is 275 g/mol. The van der Waals surface area contributed by atoms with Crippen LogP contribution < -0.4 is 0 Å². The maximum atomic E-state index is 10.4. The number of likely N-dealkylation sites (tertiary alicyclic amines) is 1. The van der Waals surface area contributed by atoms with Gasteiger partial charge in [0.1, 0.15) is 0 Å². The maximum Gasteiger partial charge on any atom is 0.328 e. The summed E-state index contributed by atoms with van der Waals surface area (Å²) in [6, 6.07) is 7.96. The van der Waals surface area contributed by atoms with E-state index in [2.05, 4.69) is 4.90 Å². The molecule has 1 aliphatic heterocycles. The van der Waals surface area contributed by atoms with Gasteiger partial charge in [0.15, 0.2) is 0 Å². The minimum Gasteiger partial charge on any atom is -0.478 e. The van der Waals surface area contributed by atoms with Crippen LogP contribution in [-0.4, -0.2) is 40.8 Å². The van der Waals surface area contributed by atoms with Crippen LogP contribution in [0.3, 0.4) is 0 Å². The average molecular weight is 275 g/mol. The maximum absolute atomic E-state index is 10.4. The Labute approximate surface area is 119 Å².